The minimum Gasteiger partial charge on any atom is -0.466 e. The molecular formula is C77H145NO5. The zero-order valence-electron chi connectivity index (χ0n) is 55.9. The lowest BCUT2D eigenvalue weighted by atomic mass is 10.0. The van der Waals surface area contributed by atoms with Crippen molar-refractivity contribution in [2.75, 3.05) is 13.2 Å². The lowest BCUT2D eigenvalue weighted by molar-refractivity contribution is -0.143. The maximum Gasteiger partial charge on any atom is 0.305 e. The number of nitrogens with one attached hydrogen (secondary N) is 1. The zero-order valence-corrected chi connectivity index (χ0v) is 55.9. The van der Waals surface area contributed by atoms with Gasteiger partial charge >= 0.3 is 5.97 Å². The van der Waals surface area contributed by atoms with E-state index in [4.69, 9.17) is 4.74 Å². The van der Waals surface area contributed by atoms with Gasteiger partial charge in [0.2, 0.25) is 5.91 Å². The molecule has 1 amide bonds. The van der Waals surface area contributed by atoms with Crippen LogP contribution in [0, 0.1) is 0 Å². The van der Waals surface area contributed by atoms with Crippen molar-refractivity contribution < 1.29 is 24.5 Å². The Morgan fingerprint density at radius 1 is 0.337 bits per heavy atom. The number of unbranched alkanes of at least 4 members (excludes halogenated alkanes) is 53. The minimum atomic E-state index is -0.842. The molecule has 0 saturated heterocycles. The summed E-state index contributed by atoms with van der Waals surface area (Å²) < 4.78 is 5.50. The fourth-order valence-corrected chi connectivity index (χ4v) is 11.6. The van der Waals surface area contributed by atoms with Crippen molar-refractivity contribution in [3.8, 4) is 0 Å². The van der Waals surface area contributed by atoms with E-state index in [0.29, 0.717) is 19.4 Å². The van der Waals surface area contributed by atoms with Gasteiger partial charge in [-0.1, -0.05) is 351 Å². The number of aliphatic hydroxyl groups excluding tert-OH is 2. The second kappa shape index (κ2) is 72.3. The second-order valence-corrected chi connectivity index (χ2v) is 25.6. The minimum absolute atomic E-state index is 0.0113. The van der Waals surface area contributed by atoms with E-state index < -0.39 is 12.1 Å². The Balaban J connectivity index is 3.36. The highest BCUT2D eigenvalue weighted by molar-refractivity contribution is 5.76. The third-order valence-corrected chi connectivity index (χ3v) is 17.3. The Hall–Kier alpha value is -2.18. The number of aliphatic hydroxyl groups is 2. The topological polar surface area (TPSA) is 95.9 Å². The summed E-state index contributed by atoms with van der Waals surface area (Å²) in [5.41, 5.74) is 0. The molecule has 0 aromatic heterocycles. The van der Waals surface area contributed by atoms with Crippen LogP contribution in [0.1, 0.15) is 406 Å². The normalized spacial score (nSPS) is 12.8. The van der Waals surface area contributed by atoms with Crippen molar-refractivity contribution in [2.45, 2.75) is 418 Å². The second-order valence-electron chi connectivity index (χ2n) is 25.6. The van der Waals surface area contributed by atoms with Crippen molar-refractivity contribution in [3.63, 3.8) is 0 Å². The molecule has 0 aliphatic heterocycles. The van der Waals surface area contributed by atoms with Crippen molar-refractivity contribution in [3.05, 3.63) is 48.6 Å². The highest BCUT2D eigenvalue weighted by Crippen LogP contribution is 2.19. The molecule has 83 heavy (non-hydrogen) atoms. The summed E-state index contributed by atoms with van der Waals surface area (Å²) in [6.07, 6.45) is 95.0. The predicted octanol–water partition coefficient (Wildman–Crippen LogP) is 24.4. The van der Waals surface area contributed by atoms with Crippen molar-refractivity contribution >= 4 is 11.9 Å². The van der Waals surface area contributed by atoms with Crippen LogP contribution in [0.5, 0.6) is 0 Å². The van der Waals surface area contributed by atoms with Crippen LogP contribution in [0.4, 0.5) is 0 Å². The average molecular weight is 1170 g/mol. The molecule has 0 spiro atoms. The van der Waals surface area contributed by atoms with Gasteiger partial charge in [-0.15, -0.1) is 0 Å². The van der Waals surface area contributed by atoms with Gasteiger partial charge in [-0.05, 0) is 89.9 Å². The number of hydrogen-bond acceptors (Lipinski definition) is 5. The fraction of sp³-hybridized carbons (Fsp3) is 0.870. The summed E-state index contributed by atoms with van der Waals surface area (Å²) in [4.78, 5) is 24.6. The Bertz CT molecular complexity index is 1390. The van der Waals surface area contributed by atoms with Crippen LogP contribution in [0.15, 0.2) is 48.6 Å². The molecule has 2 unspecified atom stereocenters. The van der Waals surface area contributed by atoms with Gasteiger partial charge in [-0.2, -0.15) is 0 Å². The average Bonchev–Trinajstić information content (AvgIpc) is 3.48. The maximum absolute atomic E-state index is 12.5. The third-order valence-electron chi connectivity index (χ3n) is 17.3. The van der Waals surface area contributed by atoms with Gasteiger partial charge in [0.25, 0.3) is 0 Å². The molecule has 0 rings (SSSR count). The first-order valence-electron chi connectivity index (χ1n) is 37.4. The Labute approximate surface area is 518 Å². The number of amides is 1. The Morgan fingerprint density at radius 3 is 0.940 bits per heavy atom. The number of allylic oxidation sites excluding steroid dienone is 7. The van der Waals surface area contributed by atoms with Gasteiger partial charge < -0.3 is 20.3 Å². The third kappa shape index (κ3) is 68.8. The first-order valence-corrected chi connectivity index (χ1v) is 37.4. The summed E-state index contributed by atoms with van der Waals surface area (Å²) in [7, 11) is 0. The van der Waals surface area contributed by atoms with Crippen LogP contribution in [0.3, 0.4) is 0 Å². The van der Waals surface area contributed by atoms with E-state index in [9.17, 15) is 19.8 Å². The smallest absolute Gasteiger partial charge is 0.305 e. The fourth-order valence-electron chi connectivity index (χ4n) is 11.6. The number of carbonyl (C=O) groups is 2. The number of hydrogen-bond donors (Lipinski definition) is 3. The quantitative estimate of drug-likeness (QED) is 0.0320. The highest BCUT2D eigenvalue weighted by atomic mass is 16.5. The molecular weight excluding hydrogens is 1020 g/mol. The molecule has 0 bridgehead atoms. The van der Waals surface area contributed by atoms with Gasteiger partial charge in [-0.25, -0.2) is 0 Å². The molecule has 6 heteroatoms. The van der Waals surface area contributed by atoms with Crippen LogP contribution in [-0.4, -0.2) is 47.4 Å². The van der Waals surface area contributed by atoms with E-state index in [1.807, 2.05) is 6.08 Å². The Morgan fingerprint density at radius 2 is 0.602 bits per heavy atom. The van der Waals surface area contributed by atoms with Crippen LogP contribution < -0.4 is 5.32 Å². The molecule has 0 aromatic rings. The van der Waals surface area contributed by atoms with Gasteiger partial charge in [0.05, 0.1) is 25.4 Å². The molecule has 0 aliphatic carbocycles. The van der Waals surface area contributed by atoms with Gasteiger partial charge in [0, 0.05) is 12.8 Å². The van der Waals surface area contributed by atoms with Crippen LogP contribution in [-0.2, 0) is 14.3 Å². The van der Waals surface area contributed by atoms with Gasteiger partial charge in [-0.3, -0.25) is 9.59 Å². The first kappa shape index (κ1) is 80.8. The number of carbonyl (C=O) groups excluding carboxylic acids is 2. The summed E-state index contributed by atoms with van der Waals surface area (Å²) in [5, 5.41) is 23.2. The largest absolute Gasteiger partial charge is 0.466 e. The van der Waals surface area contributed by atoms with Crippen molar-refractivity contribution in [2.24, 2.45) is 0 Å². The number of ether oxygens (including phenoxy) is 1. The molecule has 0 aromatic carbocycles. The molecule has 3 N–H and O–H groups in total. The Kier molecular flexibility index (Phi) is 70.4. The van der Waals surface area contributed by atoms with E-state index >= 15 is 0 Å². The SMILES string of the molecule is CCCCCC/C=C\C/C=C\CCCCCCCCCC(=O)OCCCCCCCCCCCCCC/C=C\CCCCCCCCCCCCCCCCCCCC(=O)NC(CO)C(O)/C=C/CCCCCCCCCCCCCCC. The molecule has 488 valence electrons. The summed E-state index contributed by atoms with van der Waals surface area (Å²) in [5.74, 6) is -0.0515. The van der Waals surface area contributed by atoms with Crippen LogP contribution in [0.25, 0.3) is 0 Å². The van der Waals surface area contributed by atoms with Crippen molar-refractivity contribution in [1.82, 2.24) is 5.32 Å². The van der Waals surface area contributed by atoms with E-state index in [0.717, 1.165) is 51.4 Å². The standard InChI is InChI=1S/C77H145NO5/c1-3-5-7-9-11-13-15-17-19-20-39-43-47-51-55-59-63-67-71-77(82)83-72-68-64-60-56-52-48-44-40-37-35-33-31-29-27-25-23-21-22-24-26-28-30-32-34-36-38-42-46-50-54-58-62-66-70-76(81)78-74(73-79)75(80)69-65-61-57-53-49-45-41-18-16-14-12-10-8-6-4-2/h13,15,19-20,25,27,65,69,74-75,79-80H,3-12,14,16-18,21-24,26,28-64,66-68,70-73H2,1-2H3,(H,78,81)/b15-13-,20-19-,27-25-,69-65+. The molecule has 0 radical (unpaired) electrons. The van der Waals surface area contributed by atoms with E-state index in [1.54, 1.807) is 6.08 Å². The lowest BCUT2D eigenvalue weighted by Crippen LogP contribution is -2.45. The number of rotatable bonds is 70. The predicted molar refractivity (Wildman–Crippen MR) is 366 cm³/mol. The highest BCUT2D eigenvalue weighted by Gasteiger charge is 2.18. The lowest BCUT2D eigenvalue weighted by Gasteiger charge is -2.20. The van der Waals surface area contributed by atoms with E-state index in [-0.39, 0.29) is 18.5 Å². The first-order chi connectivity index (χ1) is 41.0. The van der Waals surface area contributed by atoms with Crippen LogP contribution >= 0.6 is 0 Å². The van der Waals surface area contributed by atoms with Crippen molar-refractivity contribution in [1.29, 1.82) is 0 Å². The summed E-state index contributed by atoms with van der Waals surface area (Å²) >= 11 is 0. The van der Waals surface area contributed by atoms with Gasteiger partial charge in [0.1, 0.15) is 0 Å². The van der Waals surface area contributed by atoms with E-state index in [2.05, 4.69) is 55.6 Å². The zero-order chi connectivity index (χ0) is 59.9. The summed E-state index contributed by atoms with van der Waals surface area (Å²) in [6.45, 7) is 4.91. The van der Waals surface area contributed by atoms with E-state index in [1.165, 1.54) is 327 Å². The maximum atomic E-state index is 12.5. The van der Waals surface area contributed by atoms with Crippen LogP contribution in [0.2, 0.25) is 0 Å². The molecule has 0 heterocycles. The molecule has 2 atom stereocenters. The molecule has 0 saturated carbocycles. The monoisotopic (exact) mass is 1160 g/mol. The molecule has 0 fully saturated rings. The van der Waals surface area contributed by atoms with Gasteiger partial charge in [0.15, 0.2) is 0 Å². The number of esters is 1. The summed E-state index contributed by atoms with van der Waals surface area (Å²) in [6, 6.07) is -0.626. The molecule has 6 nitrogen and oxygen atoms in total. The molecule has 0 aliphatic rings.